The molecule has 3 atom stereocenters. The lowest BCUT2D eigenvalue weighted by molar-refractivity contribution is -0.0959. The molecule has 0 saturated carbocycles. The quantitative estimate of drug-likeness (QED) is 0.451. The first-order chi connectivity index (χ1) is 11.3. The van der Waals surface area contributed by atoms with Gasteiger partial charge in [0.1, 0.15) is 6.10 Å². The van der Waals surface area contributed by atoms with Crippen molar-refractivity contribution in [1.82, 2.24) is 0 Å². The predicted molar refractivity (Wildman–Crippen MR) is 93.6 cm³/mol. The molecule has 1 aliphatic heterocycles. The van der Waals surface area contributed by atoms with Crippen LogP contribution in [0.1, 0.15) is 84.5 Å². The second-order valence-corrected chi connectivity index (χ2v) is 6.80. The highest BCUT2D eigenvalue weighted by Crippen LogP contribution is 2.17. The van der Waals surface area contributed by atoms with Crippen molar-refractivity contribution in [2.75, 3.05) is 19.8 Å². The van der Waals surface area contributed by atoms with Gasteiger partial charge in [0.05, 0.1) is 19.3 Å². The third-order valence-electron chi connectivity index (χ3n) is 4.44. The Bertz CT molecular complexity index is 260. The van der Waals surface area contributed by atoms with Gasteiger partial charge in [0.15, 0.2) is 6.29 Å². The van der Waals surface area contributed by atoms with Crippen LogP contribution in [-0.4, -0.2) is 43.4 Å². The molecule has 138 valence electrons. The van der Waals surface area contributed by atoms with Crippen molar-refractivity contribution in [3.05, 3.63) is 0 Å². The molecule has 0 spiro atoms. The van der Waals surface area contributed by atoms with Gasteiger partial charge in [0.25, 0.3) is 0 Å². The summed E-state index contributed by atoms with van der Waals surface area (Å²) in [5, 5.41) is 9.00. The Morgan fingerprint density at radius 3 is 2.17 bits per heavy atom. The van der Waals surface area contributed by atoms with E-state index >= 15 is 0 Å². The monoisotopic (exact) mass is 330 g/mol. The summed E-state index contributed by atoms with van der Waals surface area (Å²) in [4.78, 5) is 0. The minimum Gasteiger partial charge on any atom is -0.394 e. The van der Waals surface area contributed by atoms with Gasteiger partial charge in [-0.2, -0.15) is 0 Å². The van der Waals surface area contributed by atoms with E-state index in [1.807, 2.05) is 0 Å². The van der Waals surface area contributed by atoms with Crippen LogP contribution >= 0.6 is 0 Å². The molecule has 23 heavy (non-hydrogen) atoms. The van der Waals surface area contributed by atoms with Crippen molar-refractivity contribution in [1.29, 1.82) is 0 Å². The predicted octanol–water partition coefficient (Wildman–Crippen LogP) is 4.44. The molecule has 1 aliphatic rings. The molecule has 1 saturated heterocycles. The molecule has 0 bridgehead atoms. The molecule has 0 aromatic carbocycles. The van der Waals surface area contributed by atoms with Gasteiger partial charge in [-0.1, -0.05) is 64.7 Å². The molecular weight excluding hydrogens is 292 g/mol. The minimum atomic E-state index is -0.213. The Hall–Kier alpha value is -0.160. The zero-order valence-electron chi connectivity index (χ0n) is 15.3. The van der Waals surface area contributed by atoms with Gasteiger partial charge in [-0.15, -0.1) is 0 Å². The topological polar surface area (TPSA) is 47.9 Å². The molecule has 0 aliphatic carbocycles. The zero-order chi connectivity index (χ0) is 16.8. The van der Waals surface area contributed by atoms with E-state index in [0.29, 0.717) is 6.61 Å². The van der Waals surface area contributed by atoms with Crippen molar-refractivity contribution in [2.24, 2.45) is 0 Å². The number of aliphatic hydroxyl groups is 1. The van der Waals surface area contributed by atoms with E-state index < -0.39 is 0 Å². The van der Waals surface area contributed by atoms with Crippen molar-refractivity contribution in [3.63, 3.8) is 0 Å². The van der Waals surface area contributed by atoms with Crippen LogP contribution in [0.3, 0.4) is 0 Å². The standard InChI is InChI=1S/C19H38O4/c1-3-4-5-6-7-8-9-10-11-12-13-21-17(2)14-19-22-16-18(15-20)23-19/h17-20H,3-16H2,1-2H3/t17?,18-,19-/m0/s1. The third kappa shape index (κ3) is 11.1. The molecule has 0 amide bonds. The molecule has 1 rings (SSSR count). The summed E-state index contributed by atoms with van der Waals surface area (Å²) in [7, 11) is 0. The Kier molecular flexibility index (Phi) is 12.9. The first-order valence-corrected chi connectivity index (χ1v) is 9.75. The van der Waals surface area contributed by atoms with Crippen LogP contribution in [0, 0.1) is 0 Å². The normalized spacial score (nSPS) is 22.6. The molecule has 1 N–H and O–H groups in total. The highest BCUT2D eigenvalue weighted by molar-refractivity contribution is 4.66. The number of hydrogen-bond acceptors (Lipinski definition) is 4. The van der Waals surface area contributed by atoms with Crippen LogP contribution in [0.25, 0.3) is 0 Å². The average molecular weight is 331 g/mol. The fourth-order valence-corrected chi connectivity index (χ4v) is 2.94. The maximum Gasteiger partial charge on any atom is 0.160 e. The van der Waals surface area contributed by atoms with Gasteiger partial charge in [0, 0.05) is 13.0 Å². The fraction of sp³-hybridized carbons (Fsp3) is 1.00. The number of aliphatic hydroxyl groups excluding tert-OH is 1. The fourth-order valence-electron chi connectivity index (χ4n) is 2.94. The molecule has 0 radical (unpaired) electrons. The number of rotatable bonds is 15. The van der Waals surface area contributed by atoms with E-state index in [-0.39, 0.29) is 25.1 Å². The van der Waals surface area contributed by atoms with Crippen LogP contribution < -0.4 is 0 Å². The summed E-state index contributed by atoms with van der Waals surface area (Å²) < 4.78 is 16.8. The van der Waals surface area contributed by atoms with E-state index in [1.54, 1.807) is 0 Å². The van der Waals surface area contributed by atoms with E-state index in [9.17, 15) is 0 Å². The Morgan fingerprint density at radius 2 is 1.61 bits per heavy atom. The van der Waals surface area contributed by atoms with Crippen LogP contribution in [0.2, 0.25) is 0 Å². The smallest absolute Gasteiger partial charge is 0.160 e. The number of ether oxygens (including phenoxy) is 3. The van der Waals surface area contributed by atoms with Crippen molar-refractivity contribution < 1.29 is 19.3 Å². The molecule has 4 nitrogen and oxygen atoms in total. The SMILES string of the molecule is CCCCCCCCCCCCOC(C)C[C@H]1OC[C@H](CO)O1. The molecule has 1 heterocycles. The first kappa shape index (κ1) is 20.9. The van der Waals surface area contributed by atoms with Crippen LogP contribution in [-0.2, 0) is 14.2 Å². The largest absolute Gasteiger partial charge is 0.394 e. The first-order valence-electron chi connectivity index (χ1n) is 9.75. The highest BCUT2D eigenvalue weighted by atomic mass is 16.7. The molecule has 4 heteroatoms. The van der Waals surface area contributed by atoms with Gasteiger partial charge in [-0.05, 0) is 13.3 Å². The molecule has 1 unspecified atom stereocenters. The molecule has 0 aromatic heterocycles. The summed E-state index contributed by atoms with van der Waals surface area (Å²) in [6.07, 6.45) is 14.0. The summed E-state index contributed by atoms with van der Waals surface area (Å²) in [6.45, 7) is 5.68. The van der Waals surface area contributed by atoms with Crippen molar-refractivity contribution in [3.8, 4) is 0 Å². The molecular formula is C19H38O4. The zero-order valence-corrected chi connectivity index (χ0v) is 15.3. The van der Waals surface area contributed by atoms with Gasteiger partial charge >= 0.3 is 0 Å². The molecule has 1 fully saturated rings. The van der Waals surface area contributed by atoms with E-state index in [0.717, 1.165) is 19.4 Å². The van der Waals surface area contributed by atoms with Crippen LogP contribution in [0.4, 0.5) is 0 Å². The lowest BCUT2D eigenvalue weighted by Crippen LogP contribution is -2.21. The van der Waals surface area contributed by atoms with E-state index in [2.05, 4.69) is 13.8 Å². The van der Waals surface area contributed by atoms with Gasteiger partial charge in [-0.3, -0.25) is 0 Å². The second-order valence-electron chi connectivity index (χ2n) is 6.80. The maximum absolute atomic E-state index is 9.00. The van der Waals surface area contributed by atoms with Gasteiger partial charge < -0.3 is 19.3 Å². The number of hydrogen-bond donors (Lipinski definition) is 1. The Morgan fingerprint density at radius 1 is 1.00 bits per heavy atom. The van der Waals surface area contributed by atoms with E-state index in [4.69, 9.17) is 19.3 Å². The summed E-state index contributed by atoms with van der Waals surface area (Å²) in [5.41, 5.74) is 0. The lowest BCUT2D eigenvalue weighted by atomic mass is 10.1. The van der Waals surface area contributed by atoms with Gasteiger partial charge in [0.2, 0.25) is 0 Å². The summed E-state index contributed by atoms with van der Waals surface area (Å²) in [6, 6.07) is 0. The lowest BCUT2D eigenvalue weighted by Gasteiger charge is -2.17. The van der Waals surface area contributed by atoms with Crippen molar-refractivity contribution >= 4 is 0 Å². The summed E-state index contributed by atoms with van der Waals surface area (Å²) in [5.74, 6) is 0. The Balaban J connectivity index is 1.82. The maximum atomic E-state index is 9.00. The second kappa shape index (κ2) is 14.2. The van der Waals surface area contributed by atoms with Crippen molar-refractivity contribution in [2.45, 2.75) is 103 Å². The minimum absolute atomic E-state index is 0.0321. The molecule has 0 aromatic rings. The average Bonchev–Trinajstić information content (AvgIpc) is 3.00. The highest BCUT2D eigenvalue weighted by Gasteiger charge is 2.26. The van der Waals surface area contributed by atoms with E-state index in [1.165, 1.54) is 57.8 Å². The third-order valence-corrected chi connectivity index (χ3v) is 4.44. The van der Waals surface area contributed by atoms with Crippen LogP contribution in [0.5, 0.6) is 0 Å². The summed E-state index contributed by atoms with van der Waals surface area (Å²) >= 11 is 0. The van der Waals surface area contributed by atoms with Gasteiger partial charge in [-0.25, -0.2) is 0 Å². The van der Waals surface area contributed by atoms with Crippen LogP contribution in [0.15, 0.2) is 0 Å². The number of unbranched alkanes of at least 4 members (excludes halogenated alkanes) is 9. The Labute approximate surface area is 142 Å².